The standard InChI is InChI=1S/C16H11BrN6/c1-10(6-18)22-14-5-15(20-9-13(14)17)16-3-2-12-4-11(7-19)8-21-23(12)16/h2-5,8-10H,1H3,(H,20,22). The van der Waals surface area contributed by atoms with Crippen LogP contribution in [0.1, 0.15) is 12.5 Å². The van der Waals surface area contributed by atoms with Crippen LogP contribution in [0.4, 0.5) is 5.69 Å². The van der Waals surface area contributed by atoms with Crippen LogP contribution in [0.25, 0.3) is 16.9 Å². The molecule has 1 atom stereocenters. The Balaban J connectivity index is 2.07. The molecule has 6 nitrogen and oxygen atoms in total. The molecule has 0 aliphatic rings. The van der Waals surface area contributed by atoms with Crippen LogP contribution in [0.5, 0.6) is 0 Å². The molecule has 0 aliphatic heterocycles. The quantitative estimate of drug-likeness (QED) is 0.767. The Morgan fingerprint density at radius 3 is 2.83 bits per heavy atom. The van der Waals surface area contributed by atoms with Crippen molar-refractivity contribution in [2.45, 2.75) is 13.0 Å². The predicted molar refractivity (Wildman–Crippen MR) is 89.5 cm³/mol. The van der Waals surface area contributed by atoms with Gasteiger partial charge in [0.25, 0.3) is 0 Å². The molecule has 112 valence electrons. The van der Waals surface area contributed by atoms with Gasteiger partial charge in [-0.1, -0.05) is 0 Å². The second-order valence-corrected chi connectivity index (χ2v) is 5.81. The lowest BCUT2D eigenvalue weighted by atomic mass is 10.2. The summed E-state index contributed by atoms with van der Waals surface area (Å²) in [5, 5.41) is 25.3. The molecule has 1 unspecified atom stereocenters. The molecule has 0 radical (unpaired) electrons. The van der Waals surface area contributed by atoms with E-state index in [1.54, 1.807) is 23.7 Å². The number of hydrogen-bond donors (Lipinski definition) is 1. The van der Waals surface area contributed by atoms with Crippen molar-refractivity contribution >= 4 is 27.1 Å². The van der Waals surface area contributed by atoms with E-state index >= 15 is 0 Å². The molecular weight excluding hydrogens is 356 g/mol. The Kier molecular flexibility index (Phi) is 3.96. The highest BCUT2D eigenvalue weighted by molar-refractivity contribution is 9.10. The van der Waals surface area contributed by atoms with E-state index in [4.69, 9.17) is 10.5 Å². The lowest BCUT2D eigenvalue weighted by molar-refractivity contribution is 0.938. The molecule has 0 amide bonds. The SMILES string of the molecule is CC(C#N)Nc1cc(-c2ccc3cc(C#N)cnn23)ncc1Br. The highest BCUT2D eigenvalue weighted by Crippen LogP contribution is 2.28. The van der Waals surface area contributed by atoms with Gasteiger partial charge in [0.2, 0.25) is 0 Å². The summed E-state index contributed by atoms with van der Waals surface area (Å²) >= 11 is 3.43. The second kappa shape index (κ2) is 6.07. The van der Waals surface area contributed by atoms with E-state index in [1.165, 1.54) is 6.20 Å². The van der Waals surface area contributed by atoms with E-state index in [2.05, 4.69) is 43.5 Å². The molecule has 0 saturated carbocycles. The average Bonchev–Trinajstić information content (AvgIpc) is 2.99. The molecule has 0 bridgehead atoms. The van der Waals surface area contributed by atoms with Crippen LogP contribution in [0, 0.1) is 22.7 Å². The lowest BCUT2D eigenvalue weighted by Crippen LogP contribution is -2.12. The van der Waals surface area contributed by atoms with Crippen molar-refractivity contribution in [1.29, 1.82) is 10.5 Å². The smallest absolute Gasteiger partial charge is 0.111 e. The zero-order valence-corrected chi connectivity index (χ0v) is 13.7. The summed E-state index contributed by atoms with van der Waals surface area (Å²) < 4.78 is 2.51. The molecule has 0 spiro atoms. The number of rotatable bonds is 3. The second-order valence-electron chi connectivity index (χ2n) is 4.96. The minimum Gasteiger partial charge on any atom is -0.369 e. The Morgan fingerprint density at radius 1 is 1.26 bits per heavy atom. The van der Waals surface area contributed by atoms with Gasteiger partial charge in [0.15, 0.2) is 0 Å². The molecule has 7 heteroatoms. The van der Waals surface area contributed by atoms with Crippen LogP contribution in [0.2, 0.25) is 0 Å². The predicted octanol–water partition coefficient (Wildman–Crippen LogP) is 3.35. The normalized spacial score (nSPS) is 11.7. The third-order valence-corrected chi connectivity index (χ3v) is 3.94. The van der Waals surface area contributed by atoms with Gasteiger partial charge < -0.3 is 5.32 Å². The van der Waals surface area contributed by atoms with Crippen molar-refractivity contribution in [3.63, 3.8) is 0 Å². The van der Waals surface area contributed by atoms with E-state index in [-0.39, 0.29) is 6.04 Å². The number of nitrogens with one attached hydrogen (secondary N) is 1. The van der Waals surface area contributed by atoms with Gasteiger partial charge in [-0.15, -0.1) is 0 Å². The molecule has 3 aromatic rings. The first-order valence-electron chi connectivity index (χ1n) is 6.82. The molecule has 1 N–H and O–H groups in total. The maximum absolute atomic E-state index is 8.95. The number of aromatic nitrogens is 3. The van der Waals surface area contributed by atoms with Crippen LogP contribution in [-0.2, 0) is 0 Å². The zero-order chi connectivity index (χ0) is 16.4. The Hall–Kier alpha value is -2.90. The Bertz CT molecular complexity index is 963. The number of nitrogens with zero attached hydrogens (tertiary/aromatic N) is 5. The first kappa shape index (κ1) is 15.0. The first-order valence-corrected chi connectivity index (χ1v) is 7.61. The van der Waals surface area contributed by atoms with Gasteiger partial charge in [0, 0.05) is 6.20 Å². The molecule has 0 aromatic carbocycles. The minimum absolute atomic E-state index is 0.318. The van der Waals surface area contributed by atoms with Crippen molar-refractivity contribution in [3.8, 4) is 23.5 Å². The number of nitriles is 2. The molecular formula is C16H11BrN6. The minimum atomic E-state index is -0.318. The molecule has 0 aliphatic carbocycles. The molecule has 0 fully saturated rings. The van der Waals surface area contributed by atoms with E-state index in [9.17, 15) is 0 Å². The van der Waals surface area contributed by atoms with Crippen LogP contribution >= 0.6 is 15.9 Å². The summed E-state index contributed by atoms with van der Waals surface area (Å²) in [7, 11) is 0. The average molecular weight is 367 g/mol. The molecule has 3 rings (SSSR count). The summed E-state index contributed by atoms with van der Waals surface area (Å²) in [6.45, 7) is 1.78. The number of pyridine rings is 1. The zero-order valence-electron chi connectivity index (χ0n) is 12.2. The molecule has 3 aromatic heterocycles. The number of halogens is 1. The van der Waals surface area contributed by atoms with Gasteiger partial charge in [-0.25, -0.2) is 4.52 Å². The third-order valence-electron chi connectivity index (χ3n) is 3.31. The Labute approximate surface area is 141 Å². The topological polar surface area (TPSA) is 89.8 Å². The maximum Gasteiger partial charge on any atom is 0.111 e. The van der Waals surface area contributed by atoms with Gasteiger partial charge in [-0.05, 0) is 47.1 Å². The summed E-state index contributed by atoms with van der Waals surface area (Å²) in [6, 6.07) is 11.3. The fourth-order valence-corrected chi connectivity index (χ4v) is 2.54. The lowest BCUT2D eigenvalue weighted by Gasteiger charge is -2.11. The van der Waals surface area contributed by atoms with Crippen LogP contribution < -0.4 is 5.32 Å². The van der Waals surface area contributed by atoms with Crippen molar-refractivity contribution < 1.29 is 0 Å². The summed E-state index contributed by atoms with van der Waals surface area (Å²) in [5.74, 6) is 0. The van der Waals surface area contributed by atoms with Gasteiger partial charge in [-0.3, -0.25) is 4.98 Å². The maximum atomic E-state index is 8.95. The first-order chi connectivity index (χ1) is 11.1. The highest BCUT2D eigenvalue weighted by Gasteiger charge is 2.11. The highest BCUT2D eigenvalue weighted by atomic mass is 79.9. The molecule has 23 heavy (non-hydrogen) atoms. The van der Waals surface area contributed by atoms with Gasteiger partial charge >= 0.3 is 0 Å². The van der Waals surface area contributed by atoms with Crippen molar-refractivity contribution in [1.82, 2.24) is 14.6 Å². The Morgan fingerprint density at radius 2 is 2.09 bits per heavy atom. The van der Waals surface area contributed by atoms with Gasteiger partial charge in [-0.2, -0.15) is 15.6 Å². The van der Waals surface area contributed by atoms with E-state index < -0.39 is 0 Å². The summed E-state index contributed by atoms with van der Waals surface area (Å²) in [4.78, 5) is 4.41. The van der Waals surface area contributed by atoms with E-state index in [0.29, 0.717) is 5.56 Å². The van der Waals surface area contributed by atoms with Crippen LogP contribution in [-0.4, -0.2) is 20.6 Å². The third kappa shape index (κ3) is 2.87. The van der Waals surface area contributed by atoms with Crippen LogP contribution in [0.3, 0.4) is 0 Å². The van der Waals surface area contributed by atoms with Crippen molar-refractivity contribution in [2.75, 3.05) is 5.32 Å². The van der Waals surface area contributed by atoms with Gasteiger partial charge in [0.1, 0.15) is 12.1 Å². The van der Waals surface area contributed by atoms with Crippen molar-refractivity contribution in [2.24, 2.45) is 0 Å². The van der Waals surface area contributed by atoms with Crippen LogP contribution in [0.15, 0.2) is 41.1 Å². The van der Waals surface area contributed by atoms with E-state index in [1.807, 2.05) is 18.2 Å². The monoisotopic (exact) mass is 366 g/mol. The number of hydrogen-bond acceptors (Lipinski definition) is 5. The largest absolute Gasteiger partial charge is 0.369 e. The number of fused-ring (bicyclic) bond motifs is 1. The fourth-order valence-electron chi connectivity index (χ4n) is 2.21. The number of anilines is 1. The molecule has 3 heterocycles. The summed E-state index contributed by atoms with van der Waals surface area (Å²) in [6.07, 6.45) is 3.21. The summed E-state index contributed by atoms with van der Waals surface area (Å²) in [5.41, 5.74) is 3.65. The fraction of sp³-hybridized carbons (Fsp3) is 0.125. The van der Waals surface area contributed by atoms with E-state index in [0.717, 1.165) is 27.1 Å². The molecule has 0 saturated heterocycles. The van der Waals surface area contributed by atoms with Crippen molar-refractivity contribution in [3.05, 3.63) is 46.7 Å². The van der Waals surface area contributed by atoms with Gasteiger partial charge in [0.05, 0.1) is 44.9 Å².